The van der Waals surface area contributed by atoms with Crippen molar-refractivity contribution in [3.8, 4) is 0 Å². The molecule has 0 amide bonds. The number of methoxy groups -OCH3 is 3. The van der Waals surface area contributed by atoms with E-state index in [-0.39, 0.29) is 53.9 Å². The Hall–Kier alpha value is -1.57. The normalized spacial score (nSPS) is 51.3. The summed E-state index contributed by atoms with van der Waals surface area (Å²) in [7, 11) is 4.85. The lowest BCUT2D eigenvalue weighted by Gasteiger charge is -2.50. The van der Waals surface area contributed by atoms with Crippen LogP contribution in [-0.4, -0.2) is 142 Å². The molecule has 15 nitrogen and oxygen atoms in total. The summed E-state index contributed by atoms with van der Waals surface area (Å²) >= 11 is 0. The van der Waals surface area contributed by atoms with Crippen molar-refractivity contribution in [1.29, 1.82) is 0 Å². The molecular formula is C42H64O15. The lowest BCUT2D eigenvalue weighted by atomic mass is 9.55. The van der Waals surface area contributed by atoms with E-state index in [1.807, 2.05) is 20.8 Å². The van der Waals surface area contributed by atoms with Crippen molar-refractivity contribution in [2.45, 2.75) is 184 Å². The van der Waals surface area contributed by atoms with Crippen LogP contribution in [0.25, 0.3) is 0 Å². The van der Waals surface area contributed by atoms with Crippen LogP contribution in [0.4, 0.5) is 0 Å². The highest BCUT2D eigenvalue weighted by Crippen LogP contribution is 2.57. The molecule has 6 aliphatic heterocycles. The van der Waals surface area contributed by atoms with E-state index in [2.05, 4.69) is 19.1 Å². The molecule has 8 aliphatic rings. The largest absolute Gasteiger partial charge is 0.459 e. The third-order valence-electron chi connectivity index (χ3n) is 14.4. The van der Waals surface area contributed by atoms with Crippen molar-refractivity contribution in [3.05, 3.63) is 23.3 Å². The van der Waals surface area contributed by atoms with Gasteiger partial charge in [0.05, 0.1) is 61.2 Å². The number of hydrogen-bond donors (Lipinski definition) is 2. The molecule has 2 N–H and O–H groups in total. The minimum atomic E-state index is -0.877. The van der Waals surface area contributed by atoms with E-state index in [0.29, 0.717) is 25.9 Å². The maximum Gasteiger partial charge on any atom is 0.309 e. The van der Waals surface area contributed by atoms with Crippen LogP contribution in [0.5, 0.6) is 0 Å². The van der Waals surface area contributed by atoms with Crippen LogP contribution in [0.1, 0.15) is 86.0 Å². The van der Waals surface area contributed by atoms with Crippen LogP contribution in [0.15, 0.2) is 23.3 Å². The van der Waals surface area contributed by atoms with Gasteiger partial charge in [-0.25, -0.2) is 0 Å². The monoisotopic (exact) mass is 808 g/mol. The molecule has 322 valence electrons. The van der Waals surface area contributed by atoms with Gasteiger partial charge in [0.25, 0.3) is 0 Å². The zero-order valence-corrected chi connectivity index (χ0v) is 34.6. The maximum absolute atomic E-state index is 13.8. The zero-order chi connectivity index (χ0) is 40.4. The van der Waals surface area contributed by atoms with Gasteiger partial charge in [-0.15, -0.1) is 0 Å². The first-order chi connectivity index (χ1) is 27.2. The predicted octanol–water partition coefficient (Wildman–Crippen LogP) is 3.66. The molecule has 0 radical (unpaired) electrons. The molecule has 0 aromatic carbocycles. The number of esters is 1. The number of hydrogen-bond acceptors (Lipinski definition) is 15. The van der Waals surface area contributed by atoms with Crippen LogP contribution in [0.3, 0.4) is 0 Å². The molecule has 57 heavy (non-hydrogen) atoms. The van der Waals surface area contributed by atoms with Gasteiger partial charge in [-0.1, -0.05) is 24.6 Å². The van der Waals surface area contributed by atoms with Gasteiger partial charge in [0.1, 0.15) is 24.4 Å². The summed E-state index contributed by atoms with van der Waals surface area (Å²) in [5.74, 6) is -1.41. The number of allylic oxidation sites excluding steroid dienone is 2. The van der Waals surface area contributed by atoms with Gasteiger partial charge in [0.2, 0.25) is 0 Å². The van der Waals surface area contributed by atoms with Gasteiger partial charge < -0.3 is 67.1 Å². The van der Waals surface area contributed by atoms with E-state index >= 15 is 0 Å². The minimum Gasteiger partial charge on any atom is -0.459 e. The standard InChI is InChI=1S/C42H64O15/c1-20-36(44)29(46-6)17-34(50-20)55-37-21(2)51-32(16-28(37)43)56-38-22(3)52-33(18-30(38)47-7)53-24-13-14-41(4)23(15-24)9-10-25-27(41)12-11-26-35-31(54-39(25)45)19-49-42(35,5)57-40(26)48-8/h9,11,20-22,24-25,27-38,40,43-44H,10,12-19H2,1-8H3/t20-,21+,22+,24-,25+,27-,28-,29-,30+,31+,32-,33-,34-,35+,36-,37+,38+,40+,41-,42+/m0/s1. The average molecular weight is 809 g/mol. The minimum absolute atomic E-state index is 0.0545. The Morgan fingerprint density at radius 2 is 1.46 bits per heavy atom. The van der Waals surface area contributed by atoms with E-state index in [9.17, 15) is 15.0 Å². The molecule has 20 atom stereocenters. The summed E-state index contributed by atoms with van der Waals surface area (Å²) < 4.78 is 73.4. The molecular weight excluding hydrogens is 744 g/mol. The smallest absolute Gasteiger partial charge is 0.309 e. The van der Waals surface area contributed by atoms with Crippen molar-refractivity contribution in [3.63, 3.8) is 0 Å². The number of aliphatic hydroxyl groups is 2. The van der Waals surface area contributed by atoms with Gasteiger partial charge in [-0.3, -0.25) is 4.79 Å². The topological polar surface area (TPSA) is 168 Å². The summed E-state index contributed by atoms with van der Waals surface area (Å²) in [5, 5.41) is 21.5. The second-order valence-corrected chi connectivity index (χ2v) is 17.8. The third-order valence-corrected chi connectivity index (χ3v) is 14.4. The summed E-state index contributed by atoms with van der Waals surface area (Å²) in [6.07, 6.45) is 1.59. The van der Waals surface area contributed by atoms with Gasteiger partial charge in [-0.2, -0.15) is 0 Å². The van der Waals surface area contributed by atoms with E-state index in [0.717, 1.165) is 31.3 Å². The molecule has 6 heterocycles. The summed E-state index contributed by atoms with van der Waals surface area (Å²) in [5.41, 5.74) is 2.13. The second kappa shape index (κ2) is 16.7. The quantitative estimate of drug-likeness (QED) is 0.256. The summed E-state index contributed by atoms with van der Waals surface area (Å²) in [6.45, 7) is 10.1. The first kappa shape index (κ1) is 42.1. The first-order valence-corrected chi connectivity index (χ1v) is 21.0. The molecule has 0 aromatic rings. The Morgan fingerprint density at radius 3 is 2.18 bits per heavy atom. The molecule has 1 saturated carbocycles. The van der Waals surface area contributed by atoms with Gasteiger partial charge in [0.15, 0.2) is 30.9 Å². The number of aliphatic hydroxyl groups excluding tert-OH is 2. The highest BCUT2D eigenvalue weighted by molar-refractivity contribution is 5.74. The van der Waals surface area contributed by atoms with E-state index in [1.54, 1.807) is 28.3 Å². The van der Waals surface area contributed by atoms with Crippen LogP contribution >= 0.6 is 0 Å². The van der Waals surface area contributed by atoms with Crippen molar-refractivity contribution in [2.75, 3.05) is 27.9 Å². The lowest BCUT2D eigenvalue weighted by Crippen LogP contribution is -2.56. The Bertz CT molecular complexity index is 1490. The first-order valence-electron chi connectivity index (χ1n) is 21.0. The van der Waals surface area contributed by atoms with Crippen LogP contribution in [0, 0.1) is 23.2 Å². The molecule has 0 aromatic heterocycles. The fourth-order valence-electron chi connectivity index (χ4n) is 11.2. The van der Waals surface area contributed by atoms with Crippen LogP contribution in [-0.2, 0) is 61.6 Å². The number of carbonyl (C=O) groups is 1. The molecule has 6 fully saturated rings. The number of carbonyl (C=O) groups excluding carboxylic acids is 1. The van der Waals surface area contributed by atoms with E-state index in [1.165, 1.54) is 5.57 Å². The van der Waals surface area contributed by atoms with Crippen molar-refractivity contribution in [1.82, 2.24) is 0 Å². The highest BCUT2D eigenvalue weighted by Gasteiger charge is 2.61. The molecule has 2 aliphatic carbocycles. The molecule has 8 rings (SSSR count). The third kappa shape index (κ3) is 7.92. The molecule has 15 heteroatoms. The molecule has 5 saturated heterocycles. The second-order valence-electron chi connectivity index (χ2n) is 17.8. The Kier molecular flexibility index (Phi) is 12.4. The number of fused-ring (bicyclic) bond motifs is 3. The molecule has 0 spiro atoms. The fraction of sp³-hybridized carbons (Fsp3) is 0.881. The van der Waals surface area contributed by atoms with Crippen molar-refractivity contribution in [2.24, 2.45) is 23.2 Å². The van der Waals surface area contributed by atoms with Gasteiger partial charge in [-0.05, 0) is 76.7 Å². The Balaban J connectivity index is 0.867. The summed E-state index contributed by atoms with van der Waals surface area (Å²) in [4.78, 5) is 13.8. The van der Waals surface area contributed by atoms with E-state index < -0.39 is 79.8 Å². The van der Waals surface area contributed by atoms with Gasteiger partial charge >= 0.3 is 5.97 Å². The van der Waals surface area contributed by atoms with Gasteiger partial charge in [0, 0.05) is 40.6 Å². The maximum atomic E-state index is 13.8. The fourth-order valence-corrected chi connectivity index (χ4v) is 11.2. The number of ether oxygens (including phenoxy) is 12. The highest BCUT2D eigenvalue weighted by atomic mass is 16.8. The van der Waals surface area contributed by atoms with E-state index in [4.69, 9.17) is 56.8 Å². The SMILES string of the molecule is CO[C@@H]1O[C@@]2(C)OC[C@H]3OC(=O)[C@@H]4CC=C5C[C@@H](O[C@H]6C[C@@H](OC)[C@H](O[C@H]7C[C@H](O)[C@H](O[C@H]8C[C@H](OC)[C@@H](O)[C@H](C)O8)[C@@H](C)O7)[C@@H](C)O6)CC[C@]5(C)[C@H]4CC=C1[C@H]32. The number of rotatable bonds is 9. The Labute approximate surface area is 335 Å². The predicted molar refractivity (Wildman–Crippen MR) is 199 cm³/mol. The molecule has 0 bridgehead atoms. The van der Waals surface area contributed by atoms with Crippen molar-refractivity contribution < 1.29 is 71.8 Å². The van der Waals surface area contributed by atoms with Crippen molar-refractivity contribution >= 4 is 5.97 Å². The summed E-state index contributed by atoms with van der Waals surface area (Å²) in [6, 6.07) is 0. The Morgan fingerprint density at radius 1 is 0.789 bits per heavy atom. The average Bonchev–Trinajstić information content (AvgIpc) is 3.66. The lowest BCUT2D eigenvalue weighted by molar-refractivity contribution is -0.337. The zero-order valence-electron chi connectivity index (χ0n) is 34.6. The van der Waals surface area contributed by atoms with Crippen LogP contribution in [0.2, 0.25) is 0 Å². The van der Waals surface area contributed by atoms with Crippen LogP contribution < -0.4 is 0 Å². The molecule has 0 unspecified atom stereocenters.